The zero-order chi connectivity index (χ0) is 11.0. The summed E-state index contributed by atoms with van der Waals surface area (Å²) in [5.74, 6) is 0. The van der Waals surface area contributed by atoms with Gasteiger partial charge in [-0.2, -0.15) is 5.10 Å². The fourth-order valence-electron chi connectivity index (χ4n) is 1.72. The Morgan fingerprint density at radius 3 is 2.60 bits per heavy atom. The van der Waals surface area contributed by atoms with Crippen LogP contribution in [-0.4, -0.2) is 9.78 Å². The quantitative estimate of drug-likeness (QED) is 0.844. The van der Waals surface area contributed by atoms with Crippen molar-refractivity contribution in [2.24, 2.45) is 12.8 Å². The highest BCUT2D eigenvalue weighted by Crippen LogP contribution is 2.24. The normalized spacial score (nSPS) is 13.1. The summed E-state index contributed by atoms with van der Waals surface area (Å²) >= 11 is 1.73. The van der Waals surface area contributed by atoms with Crippen molar-refractivity contribution in [1.82, 2.24) is 9.78 Å². The first kappa shape index (κ1) is 10.4. The molecular formula is C11H15N3S. The fraction of sp³-hybridized carbons (Fsp3) is 0.364. The molecule has 3 nitrogen and oxygen atoms in total. The molecule has 0 aliphatic carbocycles. The van der Waals surface area contributed by atoms with E-state index in [9.17, 15) is 0 Å². The van der Waals surface area contributed by atoms with Gasteiger partial charge in [0.2, 0.25) is 0 Å². The minimum absolute atomic E-state index is 0.0684. The van der Waals surface area contributed by atoms with Crippen LogP contribution in [0.2, 0.25) is 0 Å². The van der Waals surface area contributed by atoms with E-state index >= 15 is 0 Å². The molecule has 2 aromatic rings. The van der Waals surface area contributed by atoms with Crippen molar-refractivity contribution in [1.29, 1.82) is 0 Å². The first-order chi connectivity index (χ1) is 7.08. The van der Waals surface area contributed by atoms with Crippen LogP contribution in [-0.2, 0) is 7.05 Å². The van der Waals surface area contributed by atoms with E-state index in [4.69, 9.17) is 5.73 Å². The van der Waals surface area contributed by atoms with Gasteiger partial charge in [-0.05, 0) is 36.9 Å². The zero-order valence-electron chi connectivity index (χ0n) is 9.19. The second-order valence-corrected chi connectivity index (χ2v) is 4.92. The fourth-order valence-corrected chi connectivity index (χ4v) is 2.46. The van der Waals surface area contributed by atoms with Crippen LogP contribution >= 0.6 is 11.3 Å². The van der Waals surface area contributed by atoms with Crippen molar-refractivity contribution < 1.29 is 0 Å². The number of rotatable bonds is 2. The largest absolute Gasteiger partial charge is 0.319 e. The lowest BCUT2D eigenvalue weighted by molar-refractivity contribution is 0.670. The standard InChI is InChI=1S/C11H15N3S/c1-7-4-10(14(3)13-7)11(12)9-5-8(2)15-6-9/h4-6,11H,12H2,1-3H3. The predicted octanol–water partition coefficient (Wildman–Crippen LogP) is 2.15. The summed E-state index contributed by atoms with van der Waals surface area (Å²) in [5.41, 5.74) is 9.43. The number of nitrogens with two attached hydrogens (primary N) is 1. The zero-order valence-corrected chi connectivity index (χ0v) is 10.0. The first-order valence-electron chi connectivity index (χ1n) is 4.89. The molecule has 0 aromatic carbocycles. The molecule has 1 unspecified atom stereocenters. The Balaban J connectivity index is 2.35. The van der Waals surface area contributed by atoms with E-state index < -0.39 is 0 Å². The van der Waals surface area contributed by atoms with Crippen LogP contribution in [0, 0.1) is 13.8 Å². The van der Waals surface area contributed by atoms with Gasteiger partial charge in [0.15, 0.2) is 0 Å². The van der Waals surface area contributed by atoms with Crippen LogP contribution in [0.25, 0.3) is 0 Å². The van der Waals surface area contributed by atoms with Gasteiger partial charge < -0.3 is 5.73 Å². The van der Waals surface area contributed by atoms with Crippen molar-refractivity contribution in [3.63, 3.8) is 0 Å². The number of hydrogen-bond acceptors (Lipinski definition) is 3. The second-order valence-electron chi connectivity index (χ2n) is 3.80. The second kappa shape index (κ2) is 3.79. The minimum atomic E-state index is -0.0684. The molecule has 0 radical (unpaired) electrons. The van der Waals surface area contributed by atoms with E-state index in [0.717, 1.165) is 11.4 Å². The van der Waals surface area contributed by atoms with Crippen molar-refractivity contribution >= 4 is 11.3 Å². The van der Waals surface area contributed by atoms with Gasteiger partial charge in [-0.15, -0.1) is 11.3 Å². The summed E-state index contributed by atoms with van der Waals surface area (Å²) in [7, 11) is 1.93. The van der Waals surface area contributed by atoms with Crippen LogP contribution in [0.1, 0.15) is 27.9 Å². The third kappa shape index (κ3) is 1.96. The molecule has 2 rings (SSSR count). The van der Waals surface area contributed by atoms with Gasteiger partial charge in [-0.25, -0.2) is 0 Å². The smallest absolute Gasteiger partial charge is 0.0731 e. The molecule has 0 aliphatic rings. The Labute approximate surface area is 93.5 Å². The number of nitrogens with zero attached hydrogens (tertiary/aromatic N) is 2. The predicted molar refractivity (Wildman–Crippen MR) is 63.0 cm³/mol. The first-order valence-corrected chi connectivity index (χ1v) is 5.77. The lowest BCUT2D eigenvalue weighted by Crippen LogP contribution is -2.15. The summed E-state index contributed by atoms with van der Waals surface area (Å²) in [5, 5.41) is 6.42. The Morgan fingerprint density at radius 1 is 1.40 bits per heavy atom. The molecule has 15 heavy (non-hydrogen) atoms. The molecule has 2 heterocycles. The number of aromatic nitrogens is 2. The maximum absolute atomic E-state index is 6.19. The molecule has 2 N–H and O–H groups in total. The summed E-state index contributed by atoms with van der Waals surface area (Å²) in [6, 6.07) is 4.11. The van der Waals surface area contributed by atoms with E-state index in [1.807, 2.05) is 24.7 Å². The molecule has 0 saturated carbocycles. The van der Waals surface area contributed by atoms with Crippen molar-refractivity contribution in [3.05, 3.63) is 39.3 Å². The molecule has 0 spiro atoms. The van der Waals surface area contributed by atoms with Crippen LogP contribution in [0.15, 0.2) is 17.5 Å². The molecule has 4 heteroatoms. The Hall–Kier alpha value is -1.13. The maximum atomic E-state index is 6.19. The highest BCUT2D eigenvalue weighted by Gasteiger charge is 2.14. The van der Waals surface area contributed by atoms with Crippen LogP contribution < -0.4 is 5.73 Å². The van der Waals surface area contributed by atoms with Crippen molar-refractivity contribution in [3.8, 4) is 0 Å². The SMILES string of the molecule is Cc1cc(C(N)c2csc(C)c2)n(C)n1. The lowest BCUT2D eigenvalue weighted by Gasteiger charge is -2.09. The van der Waals surface area contributed by atoms with Gasteiger partial charge in [0.05, 0.1) is 17.4 Å². The average Bonchev–Trinajstić information content (AvgIpc) is 2.71. The Kier molecular flexibility index (Phi) is 2.63. The molecule has 2 aromatic heterocycles. The molecule has 80 valence electrons. The summed E-state index contributed by atoms with van der Waals surface area (Å²) in [6.45, 7) is 4.07. The molecule has 0 bridgehead atoms. The summed E-state index contributed by atoms with van der Waals surface area (Å²) in [4.78, 5) is 1.29. The van der Waals surface area contributed by atoms with Gasteiger partial charge in [-0.3, -0.25) is 4.68 Å². The topological polar surface area (TPSA) is 43.8 Å². The third-order valence-electron chi connectivity index (χ3n) is 2.47. The monoisotopic (exact) mass is 221 g/mol. The van der Waals surface area contributed by atoms with Gasteiger partial charge in [0, 0.05) is 11.9 Å². The molecule has 0 amide bonds. The maximum Gasteiger partial charge on any atom is 0.0731 e. The van der Waals surface area contributed by atoms with Crippen LogP contribution in [0.3, 0.4) is 0 Å². The van der Waals surface area contributed by atoms with E-state index in [-0.39, 0.29) is 6.04 Å². The molecular weight excluding hydrogens is 206 g/mol. The van der Waals surface area contributed by atoms with E-state index in [1.165, 1.54) is 10.4 Å². The van der Waals surface area contributed by atoms with Gasteiger partial charge >= 0.3 is 0 Å². The van der Waals surface area contributed by atoms with Crippen molar-refractivity contribution in [2.75, 3.05) is 0 Å². The lowest BCUT2D eigenvalue weighted by atomic mass is 10.1. The number of thiophene rings is 1. The molecule has 1 atom stereocenters. The number of hydrogen-bond donors (Lipinski definition) is 1. The van der Waals surface area contributed by atoms with Gasteiger partial charge in [0.25, 0.3) is 0 Å². The van der Waals surface area contributed by atoms with E-state index in [0.29, 0.717) is 0 Å². The highest BCUT2D eigenvalue weighted by atomic mass is 32.1. The van der Waals surface area contributed by atoms with Crippen LogP contribution in [0.4, 0.5) is 0 Å². The van der Waals surface area contributed by atoms with E-state index in [2.05, 4.69) is 23.5 Å². The van der Waals surface area contributed by atoms with E-state index in [1.54, 1.807) is 11.3 Å². The van der Waals surface area contributed by atoms with Gasteiger partial charge in [-0.1, -0.05) is 0 Å². The minimum Gasteiger partial charge on any atom is -0.319 e. The molecule has 0 aliphatic heterocycles. The summed E-state index contributed by atoms with van der Waals surface area (Å²) in [6.07, 6.45) is 0. The average molecular weight is 221 g/mol. The van der Waals surface area contributed by atoms with Crippen LogP contribution in [0.5, 0.6) is 0 Å². The summed E-state index contributed by atoms with van der Waals surface area (Å²) < 4.78 is 1.85. The molecule has 0 saturated heterocycles. The van der Waals surface area contributed by atoms with Crippen molar-refractivity contribution in [2.45, 2.75) is 19.9 Å². The Morgan fingerprint density at radius 2 is 2.13 bits per heavy atom. The third-order valence-corrected chi connectivity index (χ3v) is 3.35. The number of aryl methyl sites for hydroxylation is 3. The Bertz CT molecular complexity index is 470. The van der Waals surface area contributed by atoms with Gasteiger partial charge in [0.1, 0.15) is 0 Å². The highest BCUT2D eigenvalue weighted by molar-refractivity contribution is 7.10. The molecule has 0 fully saturated rings.